The third kappa shape index (κ3) is 10.0. The Labute approximate surface area is 379 Å². The van der Waals surface area contributed by atoms with E-state index >= 15 is 0 Å². The highest BCUT2D eigenvalue weighted by molar-refractivity contribution is 7.90. The van der Waals surface area contributed by atoms with Gasteiger partial charge in [0.2, 0.25) is 0 Å². The van der Waals surface area contributed by atoms with Crippen molar-refractivity contribution in [1.29, 1.82) is 0 Å². The molecular weight excluding hydrogens is 854 g/mol. The molecule has 14 nitrogen and oxygen atoms in total. The number of rotatable bonds is 14. The Morgan fingerprint density at radius 2 is 1.77 bits per heavy atom. The smallest absolute Gasteiger partial charge is 0.312 e. The van der Waals surface area contributed by atoms with Crippen LogP contribution >= 0.6 is 11.6 Å². The number of nitro groups is 1. The number of fused-ring (bicyclic) bond motifs is 1. The highest BCUT2D eigenvalue weighted by Crippen LogP contribution is 2.43. The van der Waals surface area contributed by atoms with Gasteiger partial charge < -0.3 is 14.4 Å². The molecule has 3 aromatic carbocycles. The summed E-state index contributed by atoms with van der Waals surface area (Å²) in [6.45, 7) is 12.8. The third-order valence-electron chi connectivity index (χ3n) is 12.9. The number of hydrogen-bond donors (Lipinski definition) is 1. The summed E-state index contributed by atoms with van der Waals surface area (Å²) in [7, 11) is -2.91. The second kappa shape index (κ2) is 18.9. The third-order valence-corrected chi connectivity index (χ3v) is 14.5. The summed E-state index contributed by atoms with van der Waals surface area (Å²) < 4.78 is 42.7. The first-order chi connectivity index (χ1) is 30.7. The fraction of sp³-hybridized carbons (Fsp3) is 0.396. The molecule has 3 aliphatic rings. The standard InChI is InChI=1S/C48H54ClN7O7S/c1-5-32-24-44-42(50-28-32)29-51-55(44)43-25-37(54-22-20-53(21-23-54)30-35-18-19-48(2,3)27-41(35)34-8-10-36(49)11-9-34)12-16-40(43)47(57)52-64(60,61)39-15-17-46(45(26-39)56(58)59)63-31-33-6-13-38(62-4)14-7-33/h5,8-12,15-17,24-26,28-29,33,38H,1,6-7,13-14,18-23,27,30-31H2,2-4H3,(H,52,57). The van der Waals surface area contributed by atoms with Crippen LogP contribution in [0.15, 0.2) is 96.2 Å². The number of carbonyl (C=O) groups excluding carboxylic acids is 1. The molecule has 0 bridgehead atoms. The molecule has 1 amide bonds. The Kier molecular flexibility index (Phi) is 13.2. The van der Waals surface area contributed by atoms with Crippen LogP contribution < -0.4 is 14.4 Å². The zero-order valence-corrected chi connectivity index (χ0v) is 38.0. The number of halogens is 1. The van der Waals surface area contributed by atoms with Gasteiger partial charge in [0.15, 0.2) is 5.75 Å². The van der Waals surface area contributed by atoms with E-state index in [-0.39, 0.29) is 35.4 Å². The van der Waals surface area contributed by atoms with Crippen LogP contribution in [0.5, 0.6) is 5.75 Å². The van der Waals surface area contributed by atoms with E-state index in [1.54, 1.807) is 36.3 Å². The fourth-order valence-electron chi connectivity index (χ4n) is 9.12. The maximum atomic E-state index is 14.2. The van der Waals surface area contributed by atoms with Crippen molar-refractivity contribution in [2.24, 2.45) is 11.3 Å². The highest BCUT2D eigenvalue weighted by atomic mass is 35.5. The predicted octanol–water partition coefficient (Wildman–Crippen LogP) is 9.11. The predicted molar refractivity (Wildman–Crippen MR) is 250 cm³/mol. The number of nitrogens with one attached hydrogen (secondary N) is 1. The second-order valence-electron chi connectivity index (χ2n) is 17.8. The highest BCUT2D eigenvalue weighted by Gasteiger charge is 2.31. The second-order valence-corrected chi connectivity index (χ2v) is 20.0. The number of aromatic nitrogens is 3. The molecule has 2 fully saturated rings. The number of ether oxygens (including phenoxy) is 2. The van der Waals surface area contributed by atoms with E-state index < -0.39 is 31.4 Å². The molecule has 2 aliphatic carbocycles. The first-order valence-electron chi connectivity index (χ1n) is 21.8. The topological polar surface area (TPSA) is 162 Å². The van der Waals surface area contributed by atoms with E-state index in [1.807, 2.05) is 30.3 Å². The quantitative estimate of drug-likeness (QED) is 0.0836. The SMILES string of the molecule is C=Cc1cnc2cnn(-c3cc(N4CCN(CC5=C(c6ccc(Cl)cc6)CC(C)(C)CC5)CC4)ccc3C(=O)NS(=O)(=O)c3ccc(OCC4CCC(OC)CC4)c([N+](=O)[O-])c3)c2c1. The van der Waals surface area contributed by atoms with Crippen LogP contribution in [0.1, 0.15) is 80.3 Å². The van der Waals surface area contributed by atoms with E-state index in [9.17, 15) is 23.3 Å². The lowest BCUT2D eigenvalue weighted by molar-refractivity contribution is -0.386. The molecule has 5 aromatic rings. The van der Waals surface area contributed by atoms with Gasteiger partial charge in [-0.1, -0.05) is 55.8 Å². The number of sulfonamides is 1. The molecule has 64 heavy (non-hydrogen) atoms. The molecule has 0 spiro atoms. The molecule has 2 aromatic heterocycles. The van der Waals surface area contributed by atoms with Crippen LogP contribution in [0, 0.1) is 21.4 Å². The van der Waals surface area contributed by atoms with Gasteiger partial charge in [-0.25, -0.2) is 17.8 Å². The van der Waals surface area contributed by atoms with Crippen molar-refractivity contribution in [3.05, 3.63) is 123 Å². The van der Waals surface area contributed by atoms with Gasteiger partial charge >= 0.3 is 5.69 Å². The summed E-state index contributed by atoms with van der Waals surface area (Å²) in [6, 6.07) is 18.7. The van der Waals surface area contributed by atoms with Crippen LogP contribution in [-0.4, -0.2) is 91.5 Å². The maximum Gasteiger partial charge on any atom is 0.312 e. The zero-order chi connectivity index (χ0) is 45.2. The molecule has 1 N–H and O–H groups in total. The Balaban J connectivity index is 1.03. The van der Waals surface area contributed by atoms with Crippen molar-refractivity contribution in [3.63, 3.8) is 0 Å². The van der Waals surface area contributed by atoms with Crippen molar-refractivity contribution < 1.29 is 27.6 Å². The number of carbonyl (C=O) groups is 1. The lowest BCUT2D eigenvalue weighted by Gasteiger charge is -2.39. The van der Waals surface area contributed by atoms with E-state index in [4.69, 9.17) is 21.1 Å². The van der Waals surface area contributed by atoms with Crippen molar-refractivity contribution in [3.8, 4) is 11.4 Å². The number of amides is 1. The Morgan fingerprint density at radius 3 is 2.47 bits per heavy atom. The largest absolute Gasteiger partial charge is 0.487 e. The van der Waals surface area contributed by atoms with Crippen molar-refractivity contribution in [2.75, 3.05) is 51.3 Å². The normalized spacial score (nSPS) is 19.4. The molecule has 1 aliphatic heterocycles. The maximum absolute atomic E-state index is 14.2. The van der Waals surface area contributed by atoms with Gasteiger partial charge in [-0.15, -0.1) is 0 Å². The Morgan fingerprint density at radius 1 is 1.02 bits per heavy atom. The molecule has 0 radical (unpaired) electrons. The van der Waals surface area contributed by atoms with E-state index in [2.05, 4.69) is 57.2 Å². The fourth-order valence-corrected chi connectivity index (χ4v) is 10.2. The number of piperazine rings is 1. The molecule has 336 valence electrons. The average molecular weight is 909 g/mol. The van der Waals surface area contributed by atoms with Crippen molar-refractivity contribution >= 4 is 61.6 Å². The molecular formula is C48H54ClN7O7S. The summed E-state index contributed by atoms with van der Waals surface area (Å²) in [6.07, 6.45) is 11.8. The number of hydrogen-bond acceptors (Lipinski definition) is 11. The molecule has 8 rings (SSSR count). The molecule has 1 saturated heterocycles. The number of anilines is 1. The lowest BCUT2D eigenvalue weighted by atomic mass is 9.72. The number of pyridine rings is 1. The summed E-state index contributed by atoms with van der Waals surface area (Å²) in [5, 5.41) is 17.5. The van der Waals surface area contributed by atoms with E-state index in [1.165, 1.54) is 28.8 Å². The minimum atomic E-state index is -4.60. The van der Waals surface area contributed by atoms with Crippen molar-refractivity contribution in [2.45, 2.75) is 69.8 Å². The molecule has 0 unspecified atom stereocenters. The summed E-state index contributed by atoms with van der Waals surface area (Å²) >= 11 is 6.25. The monoisotopic (exact) mass is 907 g/mol. The summed E-state index contributed by atoms with van der Waals surface area (Å²) in [4.78, 5) is 34.4. The number of allylic oxidation sites excluding steroid dienone is 1. The van der Waals surface area contributed by atoms with Gasteiger partial charge in [0.25, 0.3) is 15.9 Å². The van der Waals surface area contributed by atoms with Crippen molar-refractivity contribution in [1.82, 2.24) is 24.4 Å². The Hall–Kier alpha value is -5.61. The van der Waals surface area contributed by atoms with E-state index in [0.29, 0.717) is 16.7 Å². The van der Waals surface area contributed by atoms with Gasteiger partial charge in [0.1, 0.15) is 5.52 Å². The summed E-state index contributed by atoms with van der Waals surface area (Å²) in [5.74, 6) is -0.784. The number of benzene rings is 3. The molecule has 16 heteroatoms. The van der Waals surface area contributed by atoms with Gasteiger partial charge in [0, 0.05) is 62.8 Å². The zero-order valence-electron chi connectivity index (χ0n) is 36.5. The minimum absolute atomic E-state index is 0.0273. The average Bonchev–Trinajstić information content (AvgIpc) is 3.72. The van der Waals surface area contributed by atoms with E-state index in [0.717, 1.165) is 100 Å². The van der Waals surface area contributed by atoms with Crippen LogP contribution in [0.2, 0.25) is 5.02 Å². The van der Waals surface area contributed by atoms with Gasteiger partial charge in [0.05, 0.1) is 45.5 Å². The lowest BCUT2D eigenvalue weighted by Crippen LogP contribution is -2.47. The first-order valence-corrected chi connectivity index (χ1v) is 23.6. The number of nitrogens with zero attached hydrogens (tertiary/aromatic N) is 6. The summed E-state index contributed by atoms with van der Waals surface area (Å²) in [5.41, 5.74) is 6.91. The van der Waals surface area contributed by atoms with Gasteiger partial charge in [-0.2, -0.15) is 5.10 Å². The van der Waals surface area contributed by atoms with Crippen LogP contribution in [0.25, 0.3) is 28.4 Å². The van der Waals surface area contributed by atoms with Crippen LogP contribution in [0.3, 0.4) is 0 Å². The van der Waals surface area contributed by atoms with Crippen LogP contribution in [-0.2, 0) is 14.8 Å². The minimum Gasteiger partial charge on any atom is -0.487 e. The van der Waals surface area contributed by atoms with Crippen LogP contribution in [0.4, 0.5) is 11.4 Å². The number of methoxy groups -OCH3 is 1. The molecule has 0 atom stereocenters. The Bertz CT molecular complexity index is 2700. The first kappa shape index (κ1) is 45.0. The number of nitro benzene ring substituents is 1. The van der Waals surface area contributed by atoms with Gasteiger partial charge in [-0.3, -0.25) is 24.8 Å². The molecule has 3 heterocycles. The molecule has 1 saturated carbocycles. The van der Waals surface area contributed by atoms with Gasteiger partial charge in [-0.05, 0) is 122 Å².